The zero-order chi connectivity index (χ0) is 30.1. The summed E-state index contributed by atoms with van der Waals surface area (Å²) in [6, 6.07) is 23.7. The highest BCUT2D eigenvalue weighted by atomic mass is 32.2. The maximum atomic E-state index is 13.4. The second-order valence-electron chi connectivity index (χ2n) is 10.3. The van der Waals surface area contributed by atoms with Crippen molar-refractivity contribution in [2.75, 3.05) is 19.5 Å². The predicted octanol–water partition coefficient (Wildman–Crippen LogP) is 5.22. The van der Waals surface area contributed by atoms with Gasteiger partial charge in [0, 0.05) is 19.4 Å². The molecule has 1 aliphatic rings. The topological polar surface area (TPSA) is 105 Å². The molecule has 1 fully saturated rings. The van der Waals surface area contributed by atoms with Crippen LogP contribution in [0.15, 0.2) is 102 Å². The van der Waals surface area contributed by atoms with E-state index in [1.165, 1.54) is 7.11 Å². The van der Waals surface area contributed by atoms with Crippen LogP contribution in [0, 0.1) is 12.8 Å². The van der Waals surface area contributed by atoms with E-state index < -0.39 is 52.1 Å². The first-order valence-corrected chi connectivity index (χ1v) is 15.4. The Hall–Kier alpha value is -3.79. The van der Waals surface area contributed by atoms with Gasteiger partial charge in [0.25, 0.3) is 0 Å². The number of aryl methyl sites for hydroxylation is 1. The fourth-order valence-corrected chi connectivity index (χ4v) is 6.78. The van der Waals surface area contributed by atoms with Gasteiger partial charge in [0.05, 0.1) is 40.1 Å². The summed E-state index contributed by atoms with van der Waals surface area (Å²) in [5.74, 6) is -1.84. The first kappa shape index (κ1) is 31.2. The van der Waals surface area contributed by atoms with Gasteiger partial charge in [-0.05, 0) is 49.7 Å². The fourth-order valence-electron chi connectivity index (χ4n) is 5.13. The van der Waals surface area contributed by atoms with Crippen molar-refractivity contribution in [3.63, 3.8) is 0 Å². The average molecular weight is 593 g/mol. The molecule has 42 heavy (non-hydrogen) atoms. The van der Waals surface area contributed by atoms with E-state index in [2.05, 4.69) is 6.58 Å². The van der Waals surface area contributed by atoms with Crippen molar-refractivity contribution in [3.8, 4) is 0 Å². The lowest BCUT2D eigenvalue weighted by atomic mass is 9.94. The van der Waals surface area contributed by atoms with E-state index in [1.54, 1.807) is 91.0 Å². The monoisotopic (exact) mass is 592 g/mol. The highest BCUT2D eigenvalue weighted by Crippen LogP contribution is 2.36. The number of ether oxygens (including phenoxy) is 4. The highest BCUT2D eigenvalue weighted by Gasteiger charge is 2.47. The quantitative estimate of drug-likeness (QED) is 0.197. The molecule has 222 valence electrons. The van der Waals surface area contributed by atoms with Crippen LogP contribution in [0.1, 0.15) is 39.1 Å². The van der Waals surface area contributed by atoms with Crippen LogP contribution in [0.2, 0.25) is 0 Å². The molecule has 8 nitrogen and oxygen atoms in total. The molecule has 0 aliphatic carbocycles. The molecule has 0 saturated carbocycles. The van der Waals surface area contributed by atoms with Crippen LogP contribution < -0.4 is 0 Å². The summed E-state index contributed by atoms with van der Waals surface area (Å²) in [7, 11) is -2.16. The molecule has 5 unspecified atom stereocenters. The molecule has 3 aromatic carbocycles. The van der Waals surface area contributed by atoms with E-state index in [9.17, 15) is 18.0 Å². The summed E-state index contributed by atoms with van der Waals surface area (Å²) < 4.78 is 50.3. The number of benzene rings is 3. The average Bonchev–Trinajstić information content (AvgIpc) is 3.31. The van der Waals surface area contributed by atoms with Gasteiger partial charge in [-0.25, -0.2) is 18.0 Å². The van der Waals surface area contributed by atoms with Gasteiger partial charge in [-0.2, -0.15) is 0 Å². The van der Waals surface area contributed by atoms with E-state index >= 15 is 0 Å². The minimum absolute atomic E-state index is 0.119. The Bertz CT molecular complexity index is 1440. The molecule has 0 bridgehead atoms. The maximum Gasteiger partial charge on any atom is 0.338 e. The van der Waals surface area contributed by atoms with Crippen LogP contribution in [-0.4, -0.2) is 64.2 Å². The van der Waals surface area contributed by atoms with E-state index in [0.717, 1.165) is 5.56 Å². The van der Waals surface area contributed by atoms with E-state index in [0.29, 0.717) is 17.5 Å². The molecular formula is C33H36O8S. The Balaban J connectivity index is 1.54. The molecule has 1 aliphatic heterocycles. The first-order valence-electron chi connectivity index (χ1n) is 13.8. The van der Waals surface area contributed by atoms with Gasteiger partial charge in [-0.15, -0.1) is 6.58 Å². The molecule has 0 amide bonds. The van der Waals surface area contributed by atoms with E-state index in [1.807, 2.05) is 6.92 Å². The standard InChI is InChI=1S/C33H36O8S/c1-4-11-29-28(22-42(36,37)27-18-16-23(2)17-19-27)31(38-3)30(41-29)20-26(40-33(35)25-14-9-6-10-15-25)21-39-32(34)24-12-7-5-8-13-24/h4-10,12-19,26,28-31H,1,11,20-22H2,2-3H3. The SMILES string of the molecule is C=CCC1OC(CC(COC(=O)c2ccccc2)OC(=O)c2ccccc2)C(OC)C1CS(=O)(=O)c1ccc(C)cc1. The van der Waals surface area contributed by atoms with Crippen LogP contribution in [-0.2, 0) is 28.8 Å². The number of hydrogen-bond donors (Lipinski definition) is 0. The van der Waals surface area contributed by atoms with Crippen molar-refractivity contribution in [2.45, 2.75) is 49.1 Å². The number of methoxy groups -OCH3 is 1. The zero-order valence-corrected chi connectivity index (χ0v) is 24.6. The molecule has 0 radical (unpaired) electrons. The van der Waals surface area contributed by atoms with Gasteiger partial charge in [0.2, 0.25) is 0 Å². The minimum atomic E-state index is -3.66. The molecule has 5 atom stereocenters. The molecule has 0 N–H and O–H groups in total. The third-order valence-corrected chi connectivity index (χ3v) is 9.08. The molecule has 1 saturated heterocycles. The Morgan fingerprint density at radius 3 is 2.07 bits per heavy atom. The summed E-state index contributed by atoms with van der Waals surface area (Å²) in [5.41, 5.74) is 1.67. The van der Waals surface area contributed by atoms with Crippen molar-refractivity contribution < 1.29 is 37.0 Å². The summed E-state index contributed by atoms with van der Waals surface area (Å²) in [5, 5.41) is 0. The third kappa shape index (κ3) is 7.94. The Morgan fingerprint density at radius 1 is 0.905 bits per heavy atom. The zero-order valence-electron chi connectivity index (χ0n) is 23.8. The van der Waals surface area contributed by atoms with Crippen LogP contribution in [0.5, 0.6) is 0 Å². The van der Waals surface area contributed by atoms with Crippen molar-refractivity contribution in [2.24, 2.45) is 5.92 Å². The second kappa shape index (κ2) is 14.4. The first-order chi connectivity index (χ1) is 20.2. The number of sulfone groups is 1. The lowest BCUT2D eigenvalue weighted by Crippen LogP contribution is -2.38. The van der Waals surface area contributed by atoms with E-state index in [4.69, 9.17) is 18.9 Å². The Labute approximate surface area is 247 Å². The minimum Gasteiger partial charge on any atom is -0.458 e. The van der Waals surface area contributed by atoms with Crippen molar-refractivity contribution in [3.05, 3.63) is 114 Å². The maximum absolute atomic E-state index is 13.4. The number of rotatable bonds is 13. The van der Waals surface area contributed by atoms with Gasteiger partial charge in [-0.3, -0.25) is 0 Å². The van der Waals surface area contributed by atoms with Crippen molar-refractivity contribution in [1.82, 2.24) is 0 Å². The van der Waals surface area contributed by atoms with Gasteiger partial charge in [0.15, 0.2) is 9.84 Å². The van der Waals surface area contributed by atoms with Crippen molar-refractivity contribution in [1.29, 1.82) is 0 Å². The fraction of sp³-hybridized carbons (Fsp3) is 0.333. The molecular weight excluding hydrogens is 556 g/mol. The van der Waals surface area contributed by atoms with Gasteiger partial charge in [-0.1, -0.05) is 60.2 Å². The number of carbonyl (C=O) groups is 2. The molecule has 0 aromatic heterocycles. The summed E-state index contributed by atoms with van der Waals surface area (Å²) in [4.78, 5) is 25.9. The molecule has 3 aromatic rings. The number of hydrogen-bond acceptors (Lipinski definition) is 8. The largest absolute Gasteiger partial charge is 0.458 e. The molecule has 4 rings (SSSR count). The van der Waals surface area contributed by atoms with Crippen LogP contribution >= 0.6 is 0 Å². The predicted molar refractivity (Wildman–Crippen MR) is 158 cm³/mol. The lowest BCUT2D eigenvalue weighted by molar-refractivity contribution is -0.0516. The smallest absolute Gasteiger partial charge is 0.338 e. The highest BCUT2D eigenvalue weighted by molar-refractivity contribution is 7.91. The van der Waals surface area contributed by atoms with Gasteiger partial charge >= 0.3 is 11.9 Å². The summed E-state index contributed by atoms with van der Waals surface area (Å²) in [6.45, 7) is 5.49. The Morgan fingerprint density at radius 2 is 1.50 bits per heavy atom. The van der Waals surface area contributed by atoms with Crippen LogP contribution in [0.3, 0.4) is 0 Å². The van der Waals surface area contributed by atoms with Crippen LogP contribution in [0.4, 0.5) is 0 Å². The second-order valence-corrected chi connectivity index (χ2v) is 12.3. The Kier molecular flexibility index (Phi) is 10.7. The molecule has 1 heterocycles. The van der Waals surface area contributed by atoms with Crippen molar-refractivity contribution >= 4 is 21.8 Å². The number of esters is 2. The summed E-state index contributed by atoms with van der Waals surface area (Å²) in [6.07, 6.45) is -0.435. The summed E-state index contributed by atoms with van der Waals surface area (Å²) >= 11 is 0. The molecule has 0 spiro atoms. The van der Waals surface area contributed by atoms with Gasteiger partial charge < -0.3 is 18.9 Å². The van der Waals surface area contributed by atoms with E-state index in [-0.39, 0.29) is 23.7 Å². The van der Waals surface area contributed by atoms with Crippen LogP contribution in [0.25, 0.3) is 0 Å². The normalized spacial score (nSPS) is 20.9. The lowest BCUT2D eigenvalue weighted by Gasteiger charge is -2.25. The molecule has 9 heteroatoms. The number of carbonyl (C=O) groups excluding carboxylic acids is 2. The van der Waals surface area contributed by atoms with Gasteiger partial charge in [0.1, 0.15) is 12.7 Å². The third-order valence-electron chi connectivity index (χ3n) is 7.27.